The Morgan fingerprint density at radius 1 is 0.700 bits per heavy atom. The second kappa shape index (κ2) is 8.12. The maximum atomic E-state index is 13.7. The number of benzene rings is 5. The molecule has 1 heterocycles. The van der Waals surface area contributed by atoms with Crippen LogP contribution in [0.25, 0.3) is 43.1 Å². The van der Waals surface area contributed by atoms with Crippen LogP contribution in [0.2, 0.25) is 0 Å². The number of hydrogen-bond donors (Lipinski definition) is 3. The fraction of sp³-hybridized carbons (Fsp3) is 0.333. The van der Waals surface area contributed by atoms with Crippen molar-refractivity contribution in [3.63, 3.8) is 0 Å². The highest BCUT2D eigenvalue weighted by molar-refractivity contribution is 6.39. The van der Waals surface area contributed by atoms with E-state index < -0.39 is 29.5 Å². The molecule has 10 nitrogen and oxygen atoms in total. The Labute approximate surface area is 226 Å². The lowest BCUT2D eigenvalue weighted by Crippen LogP contribution is -2.32. The molecule has 0 saturated carbocycles. The monoisotopic (exact) mass is 546 g/mol. The molecule has 1 aliphatic carbocycles. The molecule has 0 aromatic heterocycles. The number of methoxy groups -OCH3 is 3. The molecule has 2 aliphatic rings. The molecule has 3 N–H and O–H groups in total. The number of aliphatic hydroxyl groups excluding tert-OH is 2. The molecule has 5 aromatic carbocycles. The van der Waals surface area contributed by atoms with Crippen molar-refractivity contribution in [1.29, 1.82) is 0 Å². The summed E-state index contributed by atoms with van der Waals surface area (Å²) in [6.07, 6.45) is -2.05. The number of ether oxygens (including phenoxy) is 5. The van der Waals surface area contributed by atoms with E-state index in [1.54, 1.807) is 13.8 Å². The highest BCUT2D eigenvalue weighted by Crippen LogP contribution is 2.63. The zero-order chi connectivity index (χ0) is 28.4. The van der Waals surface area contributed by atoms with Crippen molar-refractivity contribution in [2.24, 2.45) is 0 Å². The van der Waals surface area contributed by atoms with Crippen molar-refractivity contribution in [3.05, 3.63) is 43.7 Å². The summed E-state index contributed by atoms with van der Waals surface area (Å²) < 4.78 is 29.0. The summed E-state index contributed by atoms with van der Waals surface area (Å²) in [5, 5.41) is 37.1. The van der Waals surface area contributed by atoms with E-state index in [0.29, 0.717) is 49.2 Å². The van der Waals surface area contributed by atoms with E-state index in [2.05, 4.69) is 0 Å². The van der Waals surface area contributed by atoms with Gasteiger partial charge in [-0.05, 0) is 24.6 Å². The smallest absolute Gasteiger partial charge is 0.231 e. The van der Waals surface area contributed by atoms with Crippen LogP contribution in [0.1, 0.15) is 36.8 Å². The molecule has 10 heteroatoms. The van der Waals surface area contributed by atoms with E-state index in [0.717, 1.165) is 0 Å². The van der Waals surface area contributed by atoms with Gasteiger partial charge in [-0.15, -0.1) is 0 Å². The van der Waals surface area contributed by atoms with Crippen LogP contribution < -0.4 is 34.5 Å². The fourth-order valence-corrected chi connectivity index (χ4v) is 7.25. The van der Waals surface area contributed by atoms with Crippen LogP contribution in [0, 0.1) is 0 Å². The number of fused-ring (bicyclic) bond motifs is 4. The maximum absolute atomic E-state index is 13.7. The molecule has 0 spiro atoms. The first-order chi connectivity index (χ1) is 19.2. The largest absolute Gasteiger partial charge is 0.504 e. The van der Waals surface area contributed by atoms with Crippen LogP contribution in [-0.2, 0) is 0 Å². The summed E-state index contributed by atoms with van der Waals surface area (Å²) in [7, 11) is 4.24. The average Bonchev–Trinajstić information content (AvgIpc) is 3.41. The van der Waals surface area contributed by atoms with Gasteiger partial charge in [0.2, 0.25) is 6.79 Å². The third-order valence-corrected chi connectivity index (χ3v) is 8.57. The topological polar surface area (TPSA) is 141 Å². The van der Waals surface area contributed by atoms with Gasteiger partial charge in [-0.3, -0.25) is 9.59 Å². The molecule has 0 saturated heterocycles. The summed E-state index contributed by atoms with van der Waals surface area (Å²) in [5.41, 5.74) is 0.0905. The van der Waals surface area contributed by atoms with Crippen molar-refractivity contribution < 1.29 is 39.0 Å². The molecule has 0 fully saturated rings. The molecule has 40 heavy (non-hydrogen) atoms. The van der Waals surface area contributed by atoms with Gasteiger partial charge < -0.3 is 39.0 Å². The van der Waals surface area contributed by atoms with Gasteiger partial charge in [0.15, 0.2) is 33.9 Å². The van der Waals surface area contributed by atoms with Gasteiger partial charge >= 0.3 is 0 Å². The Hall–Kier alpha value is -4.28. The molecular formula is C30H26O10. The van der Waals surface area contributed by atoms with Crippen LogP contribution in [0.15, 0.2) is 21.7 Å². The molecular weight excluding hydrogens is 520 g/mol. The Morgan fingerprint density at radius 2 is 1.20 bits per heavy atom. The van der Waals surface area contributed by atoms with Crippen molar-refractivity contribution in [1.82, 2.24) is 0 Å². The average molecular weight is 547 g/mol. The van der Waals surface area contributed by atoms with Gasteiger partial charge in [0.05, 0.1) is 44.3 Å². The van der Waals surface area contributed by atoms with Crippen LogP contribution in [0.5, 0.6) is 34.5 Å². The first kappa shape index (κ1) is 24.7. The highest BCUT2D eigenvalue weighted by Gasteiger charge is 2.46. The summed E-state index contributed by atoms with van der Waals surface area (Å²) >= 11 is 0. The number of phenols is 1. The summed E-state index contributed by atoms with van der Waals surface area (Å²) in [4.78, 5) is 27.2. The van der Waals surface area contributed by atoms with Gasteiger partial charge in [0.1, 0.15) is 11.5 Å². The molecule has 2 unspecified atom stereocenters. The first-order valence-electron chi connectivity index (χ1n) is 12.9. The van der Waals surface area contributed by atoms with Crippen molar-refractivity contribution >= 4 is 43.1 Å². The third kappa shape index (κ3) is 2.70. The molecule has 5 aromatic rings. The third-order valence-electron chi connectivity index (χ3n) is 8.57. The second-order valence-electron chi connectivity index (χ2n) is 10.5. The Morgan fingerprint density at radius 3 is 1.75 bits per heavy atom. The molecule has 4 atom stereocenters. The van der Waals surface area contributed by atoms with E-state index in [9.17, 15) is 24.9 Å². The van der Waals surface area contributed by atoms with E-state index in [1.165, 1.54) is 33.5 Å². The van der Waals surface area contributed by atoms with E-state index in [4.69, 9.17) is 23.7 Å². The van der Waals surface area contributed by atoms with Gasteiger partial charge in [0.25, 0.3) is 0 Å². The normalized spacial score (nSPS) is 19.3. The minimum absolute atomic E-state index is 0.00177. The lowest BCUT2D eigenvalue weighted by molar-refractivity contribution is 0.0880. The Kier molecular flexibility index (Phi) is 5.02. The summed E-state index contributed by atoms with van der Waals surface area (Å²) in [6.45, 7) is 3.06. The van der Waals surface area contributed by atoms with Crippen LogP contribution in [-0.4, -0.2) is 55.6 Å². The maximum Gasteiger partial charge on any atom is 0.231 e. The van der Waals surface area contributed by atoms with E-state index in [1.807, 2.05) is 0 Å². The van der Waals surface area contributed by atoms with Crippen LogP contribution in [0.4, 0.5) is 0 Å². The molecule has 7 rings (SSSR count). The summed E-state index contributed by atoms with van der Waals surface area (Å²) in [6, 6.07) is 2.64. The highest BCUT2D eigenvalue weighted by atomic mass is 16.7. The number of aromatic hydroxyl groups is 1. The summed E-state index contributed by atoms with van der Waals surface area (Å²) in [5.74, 6) is -0.935. The molecule has 0 bridgehead atoms. The zero-order valence-corrected chi connectivity index (χ0v) is 22.4. The van der Waals surface area contributed by atoms with Gasteiger partial charge in [-0.1, -0.05) is 0 Å². The van der Waals surface area contributed by atoms with Gasteiger partial charge in [-0.2, -0.15) is 0 Å². The van der Waals surface area contributed by atoms with Crippen molar-refractivity contribution in [3.8, 4) is 34.5 Å². The lowest BCUT2D eigenvalue weighted by Gasteiger charge is -2.39. The molecule has 0 radical (unpaired) electrons. The van der Waals surface area contributed by atoms with Gasteiger partial charge in [0, 0.05) is 56.6 Å². The van der Waals surface area contributed by atoms with Crippen molar-refractivity contribution in [2.45, 2.75) is 37.9 Å². The van der Waals surface area contributed by atoms with E-state index >= 15 is 0 Å². The molecule has 1 aliphatic heterocycles. The predicted molar refractivity (Wildman–Crippen MR) is 148 cm³/mol. The minimum Gasteiger partial charge on any atom is -0.504 e. The molecule has 0 amide bonds. The number of hydrogen-bond acceptors (Lipinski definition) is 10. The SMILES string of the molecule is COc1c(O)c2c(=O)cc(OC)c3c4c(OC)cc(=O)c5c6c(c7c(c(c1[C@@H](C(C)O)[C@@H]7C(C)O)c23)c54)OCO6. The number of aliphatic hydroxyl groups is 2. The molecule has 206 valence electrons. The minimum atomic E-state index is -1.04. The predicted octanol–water partition coefficient (Wildman–Crippen LogP) is 3.30. The van der Waals surface area contributed by atoms with Crippen molar-refractivity contribution in [2.75, 3.05) is 28.1 Å². The zero-order valence-electron chi connectivity index (χ0n) is 22.4. The van der Waals surface area contributed by atoms with Gasteiger partial charge in [-0.25, -0.2) is 0 Å². The standard InChI is InChI=1S/C30H26O10/c1-9(31)15-16(10(2)32)26-24-22-18(29-30(26)40-8-39-29)12(34)7-14(37-4)20(22)19-13(36-3)6-11(33)17-21(19)23(24)25(15)28(38-5)27(17)35/h6-7,9-10,15-16,31-32,35H,8H2,1-5H3/t9?,10?,15-,16-/m0/s1. The lowest BCUT2D eigenvalue weighted by atomic mass is 9.66. The van der Waals surface area contributed by atoms with Crippen LogP contribution in [0.3, 0.4) is 0 Å². The fourth-order valence-electron chi connectivity index (χ4n) is 7.25. The van der Waals surface area contributed by atoms with Crippen LogP contribution >= 0.6 is 0 Å². The number of phenolic OH excluding ortho intramolecular Hbond substituents is 1. The second-order valence-corrected chi connectivity index (χ2v) is 10.5. The van der Waals surface area contributed by atoms with E-state index in [-0.39, 0.29) is 51.7 Å². The Balaban J connectivity index is 1.99. The number of rotatable bonds is 5. The quantitative estimate of drug-likeness (QED) is 0.222. The first-order valence-corrected chi connectivity index (χ1v) is 12.9. The Bertz CT molecular complexity index is 1980.